The number of fused-ring (bicyclic) bond motifs is 2. The van der Waals surface area contributed by atoms with E-state index in [-0.39, 0.29) is 0 Å². The number of hydrogen-bond acceptors (Lipinski definition) is 3. The molecule has 2 fully saturated rings. The first-order chi connectivity index (χ1) is 10.0. The quantitative estimate of drug-likeness (QED) is 0.802. The van der Waals surface area contributed by atoms with E-state index in [9.17, 15) is 0 Å². The van der Waals surface area contributed by atoms with Crippen LogP contribution in [-0.4, -0.2) is 35.1 Å². The molecule has 2 aliphatic rings. The van der Waals surface area contributed by atoms with E-state index in [1.807, 2.05) is 12.1 Å². The van der Waals surface area contributed by atoms with Gasteiger partial charge in [0.05, 0.1) is 0 Å². The van der Waals surface area contributed by atoms with Crippen LogP contribution in [0.15, 0.2) is 22.7 Å². The van der Waals surface area contributed by atoms with E-state index in [1.54, 1.807) is 0 Å². The summed E-state index contributed by atoms with van der Waals surface area (Å²) in [4.78, 5) is 3.03. The zero-order valence-electron chi connectivity index (χ0n) is 12.3. The lowest BCUT2D eigenvalue weighted by molar-refractivity contribution is 0.0608. The minimum Gasteiger partial charge on any atom is -0.389 e. The number of rotatable bonds is 3. The van der Waals surface area contributed by atoms with E-state index in [0.717, 1.165) is 27.8 Å². The van der Waals surface area contributed by atoms with Crippen molar-refractivity contribution in [2.24, 2.45) is 5.73 Å². The van der Waals surface area contributed by atoms with E-state index in [0.29, 0.717) is 11.0 Å². The molecule has 21 heavy (non-hydrogen) atoms. The van der Waals surface area contributed by atoms with Gasteiger partial charge in [0.1, 0.15) is 4.99 Å². The molecule has 5 heteroatoms. The molecule has 0 aliphatic carbocycles. The van der Waals surface area contributed by atoms with Gasteiger partial charge in [-0.15, -0.1) is 0 Å². The maximum atomic E-state index is 5.68. The van der Waals surface area contributed by atoms with Crippen molar-refractivity contribution in [2.45, 2.75) is 50.2 Å². The highest BCUT2D eigenvalue weighted by atomic mass is 79.9. The van der Waals surface area contributed by atoms with Gasteiger partial charge < -0.3 is 16.0 Å². The van der Waals surface area contributed by atoms with Gasteiger partial charge in [0.2, 0.25) is 0 Å². The number of nitrogens with two attached hydrogens (primary N) is 1. The van der Waals surface area contributed by atoms with Crippen molar-refractivity contribution < 1.29 is 0 Å². The summed E-state index contributed by atoms with van der Waals surface area (Å²) in [5.74, 6) is 0. The van der Waals surface area contributed by atoms with E-state index in [1.165, 1.54) is 32.1 Å². The summed E-state index contributed by atoms with van der Waals surface area (Å²) in [6.07, 6.45) is 6.53. The van der Waals surface area contributed by atoms with Crippen molar-refractivity contribution in [3.8, 4) is 0 Å². The van der Waals surface area contributed by atoms with Crippen molar-refractivity contribution in [3.63, 3.8) is 0 Å². The smallest absolute Gasteiger partial charge is 0.104 e. The van der Waals surface area contributed by atoms with Crippen LogP contribution in [0, 0.1) is 0 Å². The van der Waals surface area contributed by atoms with Crippen LogP contribution in [0.25, 0.3) is 0 Å². The van der Waals surface area contributed by atoms with Gasteiger partial charge in [-0.1, -0.05) is 18.6 Å². The Hall–Kier alpha value is -0.650. The first-order valence-electron chi connectivity index (χ1n) is 7.62. The van der Waals surface area contributed by atoms with Crippen molar-refractivity contribution in [1.82, 2.24) is 4.90 Å². The van der Waals surface area contributed by atoms with Crippen LogP contribution in [-0.2, 0) is 0 Å². The van der Waals surface area contributed by atoms with Crippen LogP contribution in [0.4, 0.5) is 5.69 Å². The molecule has 114 valence electrons. The summed E-state index contributed by atoms with van der Waals surface area (Å²) in [5, 5.41) is 3.71. The lowest BCUT2D eigenvalue weighted by atomic mass is 9.82. The Labute approximate surface area is 140 Å². The van der Waals surface area contributed by atoms with Gasteiger partial charge >= 0.3 is 0 Å². The fraction of sp³-hybridized carbons (Fsp3) is 0.562. The number of thiocarbonyl (C=S) groups is 1. The molecule has 2 bridgehead atoms. The second kappa shape index (κ2) is 6.23. The fourth-order valence-electron chi connectivity index (χ4n) is 3.74. The fourth-order valence-corrected chi connectivity index (χ4v) is 4.36. The molecule has 0 aromatic heterocycles. The van der Waals surface area contributed by atoms with Crippen LogP contribution < -0.4 is 11.1 Å². The Balaban J connectivity index is 1.71. The van der Waals surface area contributed by atoms with Crippen LogP contribution in [0.5, 0.6) is 0 Å². The predicted molar refractivity (Wildman–Crippen MR) is 95.9 cm³/mol. The number of benzene rings is 1. The van der Waals surface area contributed by atoms with Gasteiger partial charge in [-0.3, -0.25) is 0 Å². The first kappa shape index (κ1) is 15.3. The third-order valence-corrected chi connectivity index (χ3v) is 5.84. The van der Waals surface area contributed by atoms with Gasteiger partial charge in [0.15, 0.2) is 0 Å². The summed E-state index contributed by atoms with van der Waals surface area (Å²) < 4.78 is 1.04. The molecule has 1 aromatic rings. The molecule has 2 atom stereocenters. The molecule has 2 unspecified atom stereocenters. The van der Waals surface area contributed by atoms with Gasteiger partial charge in [-0.25, -0.2) is 0 Å². The Morgan fingerprint density at radius 3 is 2.57 bits per heavy atom. The SMILES string of the molecule is CN1C2CCCC1CC(Nc1ccc(C(N)=S)cc1Br)C2. The third kappa shape index (κ3) is 3.25. The Kier molecular flexibility index (Phi) is 4.52. The third-order valence-electron chi connectivity index (χ3n) is 4.95. The van der Waals surface area contributed by atoms with Crippen LogP contribution in [0.2, 0.25) is 0 Å². The number of hydrogen-bond donors (Lipinski definition) is 2. The molecular formula is C16H22BrN3S. The van der Waals surface area contributed by atoms with Crippen molar-refractivity contribution in [2.75, 3.05) is 12.4 Å². The minimum absolute atomic E-state index is 0.441. The van der Waals surface area contributed by atoms with E-state index < -0.39 is 0 Å². The number of piperidine rings is 2. The molecule has 3 rings (SSSR count). The molecule has 0 radical (unpaired) electrons. The second-order valence-corrected chi connectivity index (χ2v) is 7.57. The molecule has 2 heterocycles. The summed E-state index contributed by atoms with van der Waals surface area (Å²) in [6, 6.07) is 8.11. The topological polar surface area (TPSA) is 41.3 Å². The largest absolute Gasteiger partial charge is 0.389 e. The van der Waals surface area contributed by atoms with Crippen molar-refractivity contribution >= 4 is 38.8 Å². The Morgan fingerprint density at radius 2 is 2.00 bits per heavy atom. The first-order valence-corrected chi connectivity index (χ1v) is 8.82. The van der Waals surface area contributed by atoms with E-state index in [2.05, 4.69) is 39.3 Å². The molecule has 0 amide bonds. The predicted octanol–water partition coefficient (Wildman–Crippen LogP) is 3.51. The van der Waals surface area contributed by atoms with E-state index in [4.69, 9.17) is 18.0 Å². The van der Waals surface area contributed by atoms with Gasteiger partial charge in [-0.05, 0) is 66.9 Å². The second-order valence-electron chi connectivity index (χ2n) is 6.28. The average molecular weight is 368 g/mol. The maximum Gasteiger partial charge on any atom is 0.104 e. The minimum atomic E-state index is 0.441. The lowest BCUT2D eigenvalue weighted by Gasteiger charge is -2.47. The molecule has 1 aromatic carbocycles. The van der Waals surface area contributed by atoms with Gasteiger partial charge in [-0.2, -0.15) is 0 Å². The molecule has 3 N–H and O–H groups in total. The highest BCUT2D eigenvalue weighted by molar-refractivity contribution is 9.10. The Morgan fingerprint density at radius 1 is 1.33 bits per heavy atom. The molecule has 2 saturated heterocycles. The van der Waals surface area contributed by atoms with Crippen LogP contribution in [0.1, 0.15) is 37.7 Å². The monoisotopic (exact) mass is 367 g/mol. The zero-order chi connectivity index (χ0) is 15.0. The van der Waals surface area contributed by atoms with Gasteiger partial charge in [0, 0.05) is 33.8 Å². The summed E-state index contributed by atoms with van der Waals surface area (Å²) in [5.41, 5.74) is 7.73. The number of nitrogens with zero attached hydrogens (tertiary/aromatic N) is 1. The zero-order valence-corrected chi connectivity index (χ0v) is 14.7. The van der Waals surface area contributed by atoms with Crippen molar-refractivity contribution in [3.05, 3.63) is 28.2 Å². The summed E-state index contributed by atoms with van der Waals surface area (Å²) in [6.45, 7) is 0. The average Bonchev–Trinajstić information content (AvgIpc) is 2.42. The van der Waals surface area contributed by atoms with E-state index >= 15 is 0 Å². The lowest BCUT2D eigenvalue weighted by Crippen LogP contribution is -2.52. The molecular weight excluding hydrogens is 346 g/mol. The summed E-state index contributed by atoms with van der Waals surface area (Å²) in [7, 11) is 2.29. The van der Waals surface area contributed by atoms with Crippen LogP contribution in [0.3, 0.4) is 0 Å². The van der Waals surface area contributed by atoms with Gasteiger partial charge in [0.25, 0.3) is 0 Å². The highest BCUT2D eigenvalue weighted by Gasteiger charge is 2.35. The molecule has 2 aliphatic heterocycles. The summed E-state index contributed by atoms with van der Waals surface area (Å²) >= 11 is 8.65. The normalized spacial score (nSPS) is 29.1. The van der Waals surface area contributed by atoms with Crippen LogP contribution >= 0.6 is 28.1 Å². The maximum absolute atomic E-state index is 5.68. The number of nitrogens with one attached hydrogen (secondary N) is 1. The molecule has 0 saturated carbocycles. The Bertz CT molecular complexity index is 534. The number of halogens is 1. The molecule has 3 nitrogen and oxygen atoms in total. The van der Waals surface area contributed by atoms with Crippen molar-refractivity contribution in [1.29, 1.82) is 0 Å². The molecule has 0 spiro atoms. The standard InChI is InChI=1S/C16H22BrN3S/c1-20-12-3-2-4-13(20)9-11(8-12)19-15-6-5-10(16(18)21)7-14(15)17/h5-7,11-13,19H,2-4,8-9H2,1H3,(H2,18,21). The number of anilines is 1. The highest BCUT2D eigenvalue weighted by Crippen LogP contribution is 2.35.